The number of nitrogens with one attached hydrogen (secondary N) is 1. The first-order valence-corrected chi connectivity index (χ1v) is 10.4. The molecule has 34 heavy (non-hydrogen) atoms. The number of halogens is 1. The maximum absolute atomic E-state index is 13.1. The zero-order valence-electron chi connectivity index (χ0n) is 18.2. The molecule has 2 aromatic carbocycles. The first-order valence-electron chi connectivity index (χ1n) is 10.4. The monoisotopic (exact) mass is 464 g/mol. The minimum Gasteiger partial charge on any atom is -0.488 e. The largest absolute Gasteiger partial charge is 0.488 e. The summed E-state index contributed by atoms with van der Waals surface area (Å²) >= 11 is 0. The third kappa shape index (κ3) is 5.06. The molecule has 0 fully saturated rings. The molecule has 0 saturated heterocycles. The van der Waals surface area contributed by atoms with Crippen molar-refractivity contribution in [2.24, 2.45) is 5.10 Å². The first-order chi connectivity index (χ1) is 16.6. The zero-order chi connectivity index (χ0) is 23.9. The number of nitrogens with zero attached hydrogens (tertiary/aromatic N) is 6. The zero-order valence-corrected chi connectivity index (χ0v) is 18.2. The van der Waals surface area contributed by atoms with Crippen LogP contribution in [0.25, 0.3) is 5.82 Å². The van der Waals surface area contributed by atoms with Crippen LogP contribution in [0.1, 0.15) is 40.7 Å². The van der Waals surface area contributed by atoms with Crippen LogP contribution < -0.4 is 15.9 Å². The Hall–Kier alpha value is -4.61. The van der Waals surface area contributed by atoms with Gasteiger partial charge in [-0.2, -0.15) is 9.78 Å². The van der Waals surface area contributed by atoms with Crippen LogP contribution in [0.5, 0.6) is 5.75 Å². The van der Waals surface area contributed by atoms with Crippen LogP contribution >= 0.6 is 0 Å². The lowest BCUT2D eigenvalue weighted by atomic mass is 10.2. The number of ether oxygens (including phenoxy) is 1. The Morgan fingerprint density at radius 1 is 1.24 bits per heavy atom. The molecule has 0 aliphatic carbocycles. The van der Waals surface area contributed by atoms with Crippen LogP contribution in [0.4, 0.5) is 10.2 Å². The molecule has 0 radical (unpaired) electrons. The lowest BCUT2D eigenvalue weighted by Gasteiger charge is -2.09. The highest BCUT2D eigenvalue weighted by atomic mass is 19.1. The Kier molecular flexibility index (Phi) is 6.87. The van der Waals surface area contributed by atoms with E-state index in [1.54, 1.807) is 24.3 Å². The fraction of sp³-hybridized carbons (Fsp3) is 0.182. The highest BCUT2D eigenvalue weighted by Crippen LogP contribution is 2.19. The van der Waals surface area contributed by atoms with Crippen molar-refractivity contribution >= 4 is 17.9 Å². The molecule has 1 amide bonds. The Bertz CT molecular complexity index is 1300. The predicted molar refractivity (Wildman–Crippen MR) is 120 cm³/mol. The summed E-state index contributed by atoms with van der Waals surface area (Å²) in [5, 5.41) is 19.2. The second kappa shape index (κ2) is 10.3. The number of nitrogen functional groups attached to an aromatic ring is 1. The van der Waals surface area contributed by atoms with E-state index in [1.165, 1.54) is 23.0 Å². The molecule has 3 N–H and O–H groups in total. The summed E-state index contributed by atoms with van der Waals surface area (Å²) < 4.78 is 24.8. The van der Waals surface area contributed by atoms with Gasteiger partial charge in [0.25, 0.3) is 5.91 Å². The molecule has 0 bridgehead atoms. The lowest BCUT2D eigenvalue weighted by molar-refractivity contribution is 0.0949. The molecular weight excluding hydrogens is 443 g/mol. The van der Waals surface area contributed by atoms with Crippen LogP contribution in [-0.4, -0.2) is 37.4 Å². The van der Waals surface area contributed by atoms with Gasteiger partial charge in [0.05, 0.1) is 11.9 Å². The molecular formula is C22H21FN8O3. The van der Waals surface area contributed by atoms with Crippen molar-refractivity contribution < 1.29 is 18.6 Å². The van der Waals surface area contributed by atoms with E-state index in [4.69, 9.17) is 10.5 Å². The van der Waals surface area contributed by atoms with Gasteiger partial charge in [-0.3, -0.25) is 4.79 Å². The van der Waals surface area contributed by atoms with E-state index in [9.17, 15) is 9.18 Å². The van der Waals surface area contributed by atoms with E-state index in [0.717, 1.165) is 12.0 Å². The van der Waals surface area contributed by atoms with E-state index in [2.05, 4.69) is 35.8 Å². The number of nitrogens with two attached hydrogens (primary N) is 1. The van der Waals surface area contributed by atoms with Gasteiger partial charge in [0, 0.05) is 5.56 Å². The second-order valence-corrected chi connectivity index (χ2v) is 7.17. The van der Waals surface area contributed by atoms with E-state index < -0.39 is 5.91 Å². The normalized spacial score (nSPS) is 11.1. The van der Waals surface area contributed by atoms with E-state index in [1.807, 2.05) is 19.1 Å². The number of carbonyl (C=O) groups is 1. The highest BCUT2D eigenvalue weighted by molar-refractivity contribution is 5.94. The Morgan fingerprint density at radius 2 is 2.03 bits per heavy atom. The molecule has 4 rings (SSSR count). The highest BCUT2D eigenvalue weighted by Gasteiger charge is 2.23. The number of para-hydroxylation sites is 1. The third-order valence-electron chi connectivity index (χ3n) is 4.76. The number of hydrogen-bond acceptors (Lipinski definition) is 9. The van der Waals surface area contributed by atoms with Crippen molar-refractivity contribution in [2.75, 3.05) is 5.73 Å². The first kappa shape index (κ1) is 22.6. The minimum atomic E-state index is -0.550. The summed E-state index contributed by atoms with van der Waals surface area (Å²) in [6.45, 7) is 2.20. The molecule has 0 atom stereocenters. The van der Waals surface area contributed by atoms with Crippen molar-refractivity contribution in [3.63, 3.8) is 0 Å². The van der Waals surface area contributed by atoms with E-state index >= 15 is 0 Å². The average Bonchev–Trinajstić information content (AvgIpc) is 3.45. The topological polar surface area (TPSA) is 146 Å². The molecule has 174 valence electrons. The SMILES string of the molecule is CCCc1c(C(=O)NN=Cc2ccccc2OCc2ccc(F)cc2)nnn1-c1nonc1N. The summed E-state index contributed by atoms with van der Waals surface area (Å²) in [5.74, 6) is -0.118. The summed E-state index contributed by atoms with van der Waals surface area (Å²) in [5.41, 5.74) is 10.2. The summed E-state index contributed by atoms with van der Waals surface area (Å²) in [6, 6.07) is 13.2. The quantitative estimate of drug-likeness (QED) is 0.284. The van der Waals surface area contributed by atoms with Gasteiger partial charge in [-0.25, -0.2) is 14.4 Å². The number of hydrazone groups is 1. The summed E-state index contributed by atoms with van der Waals surface area (Å²) in [7, 11) is 0. The molecule has 0 aliphatic heterocycles. The van der Waals surface area contributed by atoms with Gasteiger partial charge in [-0.05, 0) is 46.6 Å². The molecule has 2 aromatic heterocycles. The maximum atomic E-state index is 13.1. The standard InChI is InChI=1S/C22H21FN8O3/c1-2-5-17-19(26-30-31(17)21-20(24)28-34-29-21)22(32)27-25-12-15-6-3-4-7-18(15)33-13-14-8-10-16(23)11-9-14/h3-4,6-12H,2,5,13H2,1H3,(H2,24,28)(H,27,32). The Labute approximate surface area is 193 Å². The fourth-order valence-electron chi connectivity index (χ4n) is 3.12. The van der Waals surface area contributed by atoms with E-state index in [-0.39, 0.29) is 29.8 Å². The van der Waals surface area contributed by atoms with Crippen molar-refractivity contribution in [2.45, 2.75) is 26.4 Å². The molecule has 11 nitrogen and oxygen atoms in total. The molecule has 2 heterocycles. The van der Waals surface area contributed by atoms with Gasteiger partial charge >= 0.3 is 0 Å². The van der Waals surface area contributed by atoms with Gasteiger partial charge in [0.2, 0.25) is 11.6 Å². The van der Waals surface area contributed by atoms with Crippen LogP contribution in [0.15, 0.2) is 58.3 Å². The average molecular weight is 464 g/mol. The van der Waals surface area contributed by atoms with Gasteiger partial charge in [-0.15, -0.1) is 5.10 Å². The second-order valence-electron chi connectivity index (χ2n) is 7.17. The minimum absolute atomic E-state index is 0.0319. The molecule has 0 unspecified atom stereocenters. The van der Waals surface area contributed by atoms with Crippen LogP contribution in [-0.2, 0) is 13.0 Å². The molecule has 0 aliphatic rings. The number of benzene rings is 2. The van der Waals surface area contributed by atoms with Gasteiger partial charge in [0.1, 0.15) is 18.2 Å². The third-order valence-corrected chi connectivity index (χ3v) is 4.76. The van der Waals surface area contributed by atoms with Gasteiger partial charge in [-0.1, -0.05) is 42.8 Å². The summed E-state index contributed by atoms with van der Waals surface area (Å²) in [4.78, 5) is 12.7. The number of anilines is 1. The lowest BCUT2D eigenvalue weighted by Crippen LogP contribution is -2.20. The number of carbonyl (C=O) groups excluding carboxylic acids is 1. The summed E-state index contributed by atoms with van der Waals surface area (Å²) in [6.07, 6.45) is 2.67. The molecule has 4 aromatic rings. The molecule has 0 saturated carbocycles. The number of aromatic nitrogens is 5. The fourth-order valence-corrected chi connectivity index (χ4v) is 3.12. The van der Waals surface area contributed by atoms with Crippen molar-refractivity contribution in [1.29, 1.82) is 0 Å². The Balaban J connectivity index is 1.46. The van der Waals surface area contributed by atoms with Crippen LogP contribution in [0.3, 0.4) is 0 Å². The van der Waals surface area contributed by atoms with Crippen molar-refractivity contribution in [1.82, 2.24) is 30.7 Å². The Morgan fingerprint density at radius 3 is 2.76 bits per heavy atom. The van der Waals surface area contributed by atoms with Gasteiger partial charge < -0.3 is 10.5 Å². The van der Waals surface area contributed by atoms with Crippen LogP contribution in [0.2, 0.25) is 0 Å². The molecule has 12 heteroatoms. The van der Waals surface area contributed by atoms with Crippen molar-refractivity contribution in [3.05, 3.63) is 76.9 Å². The number of hydrogen-bond donors (Lipinski definition) is 2. The van der Waals surface area contributed by atoms with Crippen molar-refractivity contribution in [3.8, 4) is 11.6 Å². The maximum Gasteiger partial charge on any atom is 0.293 e. The van der Waals surface area contributed by atoms with Crippen LogP contribution in [0, 0.1) is 5.82 Å². The number of amides is 1. The van der Waals surface area contributed by atoms with E-state index in [0.29, 0.717) is 23.4 Å². The smallest absolute Gasteiger partial charge is 0.293 e. The molecule has 0 spiro atoms. The number of rotatable bonds is 9. The predicted octanol–water partition coefficient (Wildman–Crippen LogP) is 2.67. The van der Waals surface area contributed by atoms with Gasteiger partial charge in [0.15, 0.2) is 5.69 Å².